The zero-order valence-corrected chi connectivity index (χ0v) is 8.59. The van der Waals surface area contributed by atoms with Gasteiger partial charge in [0.15, 0.2) is 0 Å². The monoisotopic (exact) mass is 141 g/mol. The molecule has 0 aliphatic heterocycles. The van der Waals surface area contributed by atoms with Crippen LogP contribution in [0.15, 0.2) is 30.8 Å². The van der Waals surface area contributed by atoms with Crippen molar-refractivity contribution in [2.75, 3.05) is 0 Å². The summed E-state index contributed by atoms with van der Waals surface area (Å²) in [4.78, 5) is 0. The second kappa shape index (κ2) is 4.73. The first-order valence-corrected chi connectivity index (χ1v) is 3.02. The van der Waals surface area contributed by atoms with Crippen LogP contribution in [-0.4, -0.2) is 29.6 Å². The SMILES string of the molecule is C=Cc1ccc(C)cc1.[Na]. The van der Waals surface area contributed by atoms with E-state index in [-0.39, 0.29) is 29.6 Å². The third kappa shape index (κ3) is 2.70. The van der Waals surface area contributed by atoms with Gasteiger partial charge in [-0.05, 0) is 12.5 Å². The van der Waals surface area contributed by atoms with Gasteiger partial charge in [0, 0.05) is 29.6 Å². The first kappa shape index (κ1) is 9.96. The van der Waals surface area contributed by atoms with Crippen LogP contribution in [0.2, 0.25) is 0 Å². The van der Waals surface area contributed by atoms with Crippen LogP contribution in [-0.2, 0) is 0 Å². The van der Waals surface area contributed by atoms with Crippen molar-refractivity contribution in [2.24, 2.45) is 0 Å². The number of aryl methyl sites for hydroxylation is 1. The Morgan fingerprint density at radius 3 is 2.10 bits per heavy atom. The van der Waals surface area contributed by atoms with E-state index in [1.54, 1.807) is 0 Å². The minimum Gasteiger partial charge on any atom is -0.0985 e. The van der Waals surface area contributed by atoms with Gasteiger partial charge in [0.1, 0.15) is 0 Å². The van der Waals surface area contributed by atoms with Gasteiger partial charge in [-0.2, -0.15) is 0 Å². The molecule has 1 aromatic rings. The van der Waals surface area contributed by atoms with Gasteiger partial charge in [0.25, 0.3) is 0 Å². The molecule has 0 spiro atoms. The number of rotatable bonds is 1. The average Bonchev–Trinajstić information content (AvgIpc) is 1.90. The Labute approximate surface area is 84.3 Å². The van der Waals surface area contributed by atoms with E-state index in [4.69, 9.17) is 0 Å². The van der Waals surface area contributed by atoms with Gasteiger partial charge < -0.3 is 0 Å². The van der Waals surface area contributed by atoms with Gasteiger partial charge in [-0.25, -0.2) is 0 Å². The van der Waals surface area contributed by atoms with Crippen molar-refractivity contribution in [3.8, 4) is 0 Å². The van der Waals surface area contributed by atoms with E-state index < -0.39 is 0 Å². The molecule has 0 saturated carbocycles. The smallest absolute Gasteiger partial charge is 0 e. The summed E-state index contributed by atoms with van der Waals surface area (Å²) >= 11 is 0. The summed E-state index contributed by atoms with van der Waals surface area (Å²) in [5, 5.41) is 0. The van der Waals surface area contributed by atoms with Gasteiger partial charge in [0.2, 0.25) is 0 Å². The van der Waals surface area contributed by atoms with Gasteiger partial charge >= 0.3 is 0 Å². The van der Waals surface area contributed by atoms with Gasteiger partial charge in [-0.3, -0.25) is 0 Å². The molecule has 0 aliphatic rings. The van der Waals surface area contributed by atoms with Crippen LogP contribution in [0.4, 0.5) is 0 Å². The molecule has 10 heavy (non-hydrogen) atoms. The van der Waals surface area contributed by atoms with Gasteiger partial charge in [-0.15, -0.1) is 0 Å². The molecule has 0 atom stereocenters. The first-order valence-electron chi connectivity index (χ1n) is 3.02. The van der Waals surface area contributed by atoms with Crippen molar-refractivity contribution in [3.05, 3.63) is 42.0 Å². The molecule has 0 unspecified atom stereocenters. The standard InChI is InChI=1S/C9H10.Na/c1-3-9-6-4-8(2)5-7-9;/h3-7H,1H2,2H3;. The number of hydrogen-bond acceptors (Lipinski definition) is 0. The van der Waals surface area contributed by atoms with Crippen molar-refractivity contribution >= 4 is 35.6 Å². The number of benzene rings is 1. The molecule has 0 N–H and O–H groups in total. The Bertz CT molecular complexity index is 198. The van der Waals surface area contributed by atoms with Crippen LogP contribution in [0.25, 0.3) is 6.08 Å². The molecule has 0 fully saturated rings. The summed E-state index contributed by atoms with van der Waals surface area (Å²) in [5.41, 5.74) is 2.47. The molecule has 1 aromatic carbocycles. The summed E-state index contributed by atoms with van der Waals surface area (Å²) in [6.45, 7) is 5.74. The van der Waals surface area contributed by atoms with E-state index in [2.05, 4.69) is 37.8 Å². The molecule has 0 bridgehead atoms. The third-order valence-electron chi connectivity index (χ3n) is 1.31. The molecule has 0 heterocycles. The zero-order valence-electron chi connectivity index (χ0n) is 6.59. The van der Waals surface area contributed by atoms with E-state index in [9.17, 15) is 0 Å². The molecule has 47 valence electrons. The van der Waals surface area contributed by atoms with Crippen LogP contribution in [0.1, 0.15) is 11.1 Å². The maximum Gasteiger partial charge on any atom is 0 e. The van der Waals surface area contributed by atoms with Crippen molar-refractivity contribution in [1.29, 1.82) is 0 Å². The maximum absolute atomic E-state index is 3.66. The Kier molecular flexibility index (Phi) is 4.71. The number of hydrogen-bond donors (Lipinski definition) is 0. The van der Waals surface area contributed by atoms with Crippen molar-refractivity contribution in [3.63, 3.8) is 0 Å². The molecular formula is C9H10Na. The Balaban J connectivity index is 0.000000810. The third-order valence-corrected chi connectivity index (χ3v) is 1.31. The molecule has 1 radical (unpaired) electrons. The fourth-order valence-corrected chi connectivity index (χ4v) is 0.703. The van der Waals surface area contributed by atoms with Crippen LogP contribution in [0, 0.1) is 6.92 Å². The van der Waals surface area contributed by atoms with E-state index in [0.29, 0.717) is 0 Å². The zero-order chi connectivity index (χ0) is 6.69. The Morgan fingerprint density at radius 2 is 1.70 bits per heavy atom. The Hall–Kier alpha value is -0.0400. The Morgan fingerprint density at radius 1 is 1.20 bits per heavy atom. The topological polar surface area (TPSA) is 0 Å². The molecule has 0 aromatic heterocycles. The van der Waals surface area contributed by atoms with E-state index in [0.717, 1.165) is 0 Å². The van der Waals surface area contributed by atoms with Crippen molar-refractivity contribution in [2.45, 2.75) is 6.92 Å². The summed E-state index contributed by atoms with van der Waals surface area (Å²) in [7, 11) is 0. The van der Waals surface area contributed by atoms with E-state index >= 15 is 0 Å². The molecular weight excluding hydrogens is 131 g/mol. The normalized spacial score (nSPS) is 8.10. The molecule has 1 heteroatoms. The summed E-state index contributed by atoms with van der Waals surface area (Å²) in [5.74, 6) is 0. The van der Waals surface area contributed by atoms with Gasteiger partial charge in [-0.1, -0.05) is 42.5 Å². The second-order valence-electron chi connectivity index (χ2n) is 2.11. The molecule has 0 nitrogen and oxygen atoms in total. The minimum atomic E-state index is 0. The quantitative estimate of drug-likeness (QED) is 0.526. The van der Waals surface area contributed by atoms with Crippen LogP contribution >= 0.6 is 0 Å². The van der Waals surface area contributed by atoms with Crippen LogP contribution < -0.4 is 0 Å². The van der Waals surface area contributed by atoms with Crippen molar-refractivity contribution in [1.82, 2.24) is 0 Å². The predicted molar refractivity (Wildman–Crippen MR) is 47.0 cm³/mol. The largest absolute Gasteiger partial charge is 0.0985 e. The second-order valence-corrected chi connectivity index (χ2v) is 2.11. The maximum atomic E-state index is 3.66. The summed E-state index contributed by atoms with van der Waals surface area (Å²) in [6, 6.07) is 8.28. The summed E-state index contributed by atoms with van der Waals surface area (Å²) in [6.07, 6.45) is 1.85. The fraction of sp³-hybridized carbons (Fsp3) is 0.111. The molecule has 1 rings (SSSR count). The molecule has 0 aliphatic carbocycles. The van der Waals surface area contributed by atoms with E-state index in [1.807, 2.05) is 6.08 Å². The average molecular weight is 141 g/mol. The minimum absolute atomic E-state index is 0. The summed E-state index contributed by atoms with van der Waals surface area (Å²) < 4.78 is 0. The fourth-order valence-electron chi connectivity index (χ4n) is 0.703. The van der Waals surface area contributed by atoms with Crippen molar-refractivity contribution < 1.29 is 0 Å². The van der Waals surface area contributed by atoms with Crippen LogP contribution in [0.3, 0.4) is 0 Å². The molecule has 0 amide bonds. The first-order chi connectivity index (χ1) is 4.33. The van der Waals surface area contributed by atoms with Gasteiger partial charge in [0.05, 0.1) is 0 Å². The predicted octanol–water partition coefficient (Wildman–Crippen LogP) is 2.26. The molecule has 0 saturated heterocycles. The van der Waals surface area contributed by atoms with Crippen LogP contribution in [0.5, 0.6) is 0 Å². The van der Waals surface area contributed by atoms with E-state index in [1.165, 1.54) is 11.1 Å².